The van der Waals surface area contributed by atoms with Gasteiger partial charge in [0.2, 0.25) is 5.91 Å². The summed E-state index contributed by atoms with van der Waals surface area (Å²) in [5, 5.41) is 7.01. The summed E-state index contributed by atoms with van der Waals surface area (Å²) in [6.45, 7) is 0.916. The van der Waals surface area contributed by atoms with Crippen LogP contribution < -0.4 is 0 Å². The predicted molar refractivity (Wildman–Crippen MR) is 64.2 cm³/mol. The molecule has 1 saturated heterocycles. The molecule has 1 aliphatic heterocycles. The van der Waals surface area contributed by atoms with E-state index >= 15 is 0 Å². The second kappa shape index (κ2) is 4.51. The Bertz CT molecular complexity index is 381. The van der Waals surface area contributed by atoms with Gasteiger partial charge in [-0.25, -0.2) is 0 Å². The molecule has 1 aromatic rings. The number of aromatic amines is 1. The number of nitrogens with one attached hydrogen (secondary N) is 1. The Morgan fingerprint density at radius 3 is 2.82 bits per heavy atom. The number of hydrogen-bond acceptors (Lipinski definition) is 2. The number of amides is 1. The first-order valence-electron chi connectivity index (χ1n) is 6.66. The van der Waals surface area contributed by atoms with Gasteiger partial charge >= 0.3 is 0 Å². The molecule has 4 heteroatoms. The summed E-state index contributed by atoms with van der Waals surface area (Å²) in [4.78, 5) is 14.5. The third kappa shape index (κ3) is 1.96. The van der Waals surface area contributed by atoms with Gasteiger partial charge in [0.1, 0.15) is 0 Å². The van der Waals surface area contributed by atoms with Gasteiger partial charge in [0.15, 0.2) is 0 Å². The average Bonchev–Trinajstić information content (AvgIpc) is 3.09. The number of carbonyl (C=O) groups excluding carboxylic acids is 1. The quantitative estimate of drug-likeness (QED) is 0.851. The Hall–Kier alpha value is -1.32. The molecule has 0 spiro atoms. The van der Waals surface area contributed by atoms with Crippen LogP contribution in [0.25, 0.3) is 0 Å². The summed E-state index contributed by atoms with van der Waals surface area (Å²) in [5.74, 6) is 0.665. The van der Waals surface area contributed by atoms with Crippen molar-refractivity contribution in [3.63, 3.8) is 0 Å². The van der Waals surface area contributed by atoms with Crippen LogP contribution in [0.3, 0.4) is 0 Å². The number of rotatable bonds is 2. The Morgan fingerprint density at radius 2 is 2.12 bits per heavy atom. The van der Waals surface area contributed by atoms with Crippen molar-refractivity contribution in [3.05, 3.63) is 18.0 Å². The molecule has 1 amide bonds. The highest BCUT2D eigenvalue weighted by Crippen LogP contribution is 2.35. The highest BCUT2D eigenvalue weighted by Gasteiger charge is 2.35. The minimum Gasteiger partial charge on any atom is -0.334 e. The lowest BCUT2D eigenvalue weighted by Crippen LogP contribution is -2.35. The summed E-state index contributed by atoms with van der Waals surface area (Å²) in [6, 6.07) is 2.23. The molecule has 2 aliphatic rings. The van der Waals surface area contributed by atoms with E-state index in [1.165, 1.54) is 12.8 Å². The molecule has 0 bridgehead atoms. The molecule has 0 radical (unpaired) electrons. The van der Waals surface area contributed by atoms with Gasteiger partial charge in [0.25, 0.3) is 0 Å². The molecule has 1 aliphatic carbocycles. The van der Waals surface area contributed by atoms with Crippen LogP contribution in [-0.4, -0.2) is 27.5 Å². The van der Waals surface area contributed by atoms with Gasteiger partial charge in [-0.05, 0) is 31.7 Å². The normalized spacial score (nSPS) is 25.6. The fourth-order valence-corrected chi connectivity index (χ4v) is 3.21. The van der Waals surface area contributed by atoms with Gasteiger partial charge in [-0.2, -0.15) is 5.10 Å². The van der Waals surface area contributed by atoms with E-state index in [1.807, 2.05) is 6.07 Å². The highest BCUT2D eigenvalue weighted by atomic mass is 16.2. The molecule has 3 rings (SSSR count). The van der Waals surface area contributed by atoms with Crippen LogP contribution in [0, 0.1) is 5.92 Å². The zero-order valence-corrected chi connectivity index (χ0v) is 10.1. The molecule has 92 valence electrons. The van der Waals surface area contributed by atoms with E-state index in [-0.39, 0.29) is 6.04 Å². The van der Waals surface area contributed by atoms with Crippen LogP contribution in [0.2, 0.25) is 0 Å². The first kappa shape index (κ1) is 10.8. The lowest BCUT2D eigenvalue weighted by molar-refractivity contribution is -0.136. The average molecular weight is 233 g/mol. The number of carbonyl (C=O) groups is 1. The van der Waals surface area contributed by atoms with Gasteiger partial charge in [-0.1, -0.05) is 12.8 Å². The molecule has 1 N–H and O–H groups in total. The molecule has 17 heavy (non-hydrogen) atoms. The second-order valence-corrected chi connectivity index (χ2v) is 5.18. The third-order valence-corrected chi connectivity index (χ3v) is 4.12. The molecule has 1 aromatic heterocycles. The van der Waals surface area contributed by atoms with Crippen LogP contribution >= 0.6 is 0 Å². The molecule has 2 heterocycles. The number of hydrogen-bond donors (Lipinski definition) is 1. The standard InChI is InChI=1S/C13H19N3O/c17-13(10-4-1-2-5-10)16-9-3-6-12(16)11-7-8-14-15-11/h7-8,10,12H,1-6,9H2,(H,14,15)/t12-/m0/s1. The molecular weight excluding hydrogens is 214 g/mol. The van der Waals surface area contributed by atoms with Gasteiger partial charge < -0.3 is 4.90 Å². The maximum absolute atomic E-state index is 12.4. The fraction of sp³-hybridized carbons (Fsp3) is 0.692. The van der Waals surface area contributed by atoms with Crippen LogP contribution in [0.4, 0.5) is 0 Å². The monoisotopic (exact) mass is 233 g/mol. The van der Waals surface area contributed by atoms with E-state index in [2.05, 4.69) is 15.1 Å². The van der Waals surface area contributed by atoms with Gasteiger partial charge in [0.05, 0.1) is 11.7 Å². The first-order valence-corrected chi connectivity index (χ1v) is 6.66. The first-order chi connectivity index (χ1) is 8.36. The van der Waals surface area contributed by atoms with Crippen molar-refractivity contribution in [1.82, 2.24) is 15.1 Å². The highest BCUT2D eigenvalue weighted by molar-refractivity contribution is 5.79. The van der Waals surface area contributed by atoms with E-state index in [1.54, 1.807) is 6.20 Å². The molecule has 4 nitrogen and oxygen atoms in total. The van der Waals surface area contributed by atoms with Crippen molar-refractivity contribution in [2.45, 2.75) is 44.6 Å². The predicted octanol–water partition coefficient (Wildman–Crippen LogP) is 2.26. The number of H-pyrrole nitrogens is 1. The summed E-state index contributed by atoms with van der Waals surface area (Å²) >= 11 is 0. The Balaban J connectivity index is 1.75. The summed E-state index contributed by atoms with van der Waals surface area (Å²) < 4.78 is 0. The number of nitrogens with zero attached hydrogens (tertiary/aromatic N) is 2. The lowest BCUT2D eigenvalue weighted by Gasteiger charge is -2.26. The van der Waals surface area contributed by atoms with Crippen molar-refractivity contribution in [2.24, 2.45) is 5.92 Å². The minimum absolute atomic E-state index is 0.241. The van der Waals surface area contributed by atoms with E-state index in [4.69, 9.17) is 0 Å². The molecule has 2 fully saturated rings. The van der Waals surface area contributed by atoms with E-state index < -0.39 is 0 Å². The second-order valence-electron chi connectivity index (χ2n) is 5.18. The van der Waals surface area contributed by atoms with Crippen molar-refractivity contribution >= 4 is 5.91 Å². The molecular formula is C13H19N3O. The molecule has 0 unspecified atom stereocenters. The Morgan fingerprint density at radius 1 is 1.29 bits per heavy atom. The zero-order valence-electron chi connectivity index (χ0n) is 10.1. The number of aromatic nitrogens is 2. The largest absolute Gasteiger partial charge is 0.334 e. The van der Waals surface area contributed by atoms with Gasteiger partial charge in [-0.15, -0.1) is 0 Å². The molecule has 0 aromatic carbocycles. The summed E-state index contributed by atoms with van der Waals surface area (Å²) in [7, 11) is 0. The third-order valence-electron chi connectivity index (χ3n) is 4.12. The lowest BCUT2D eigenvalue weighted by atomic mass is 10.1. The van der Waals surface area contributed by atoms with E-state index in [9.17, 15) is 4.79 Å². The maximum Gasteiger partial charge on any atom is 0.226 e. The minimum atomic E-state index is 0.241. The maximum atomic E-state index is 12.4. The van der Waals surface area contributed by atoms with Gasteiger partial charge in [-0.3, -0.25) is 9.89 Å². The van der Waals surface area contributed by atoms with Gasteiger partial charge in [0, 0.05) is 18.7 Å². The van der Waals surface area contributed by atoms with Crippen LogP contribution in [-0.2, 0) is 4.79 Å². The molecule has 1 saturated carbocycles. The van der Waals surface area contributed by atoms with Crippen LogP contribution in [0.15, 0.2) is 12.3 Å². The van der Waals surface area contributed by atoms with E-state index in [0.29, 0.717) is 11.8 Å². The fourth-order valence-electron chi connectivity index (χ4n) is 3.21. The van der Waals surface area contributed by atoms with Crippen molar-refractivity contribution in [1.29, 1.82) is 0 Å². The summed E-state index contributed by atoms with van der Waals surface area (Å²) in [6.07, 6.45) is 8.57. The zero-order chi connectivity index (χ0) is 11.7. The topological polar surface area (TPSA) is 49.0 Å². The number of likely N-dealkylation sites (tertiary alicyclic amines) is 1. The van der Waals surface area contributed by atoms with Crippen molar-refractivity contribution in [2.75, 3.05) is 6.54 Å². The summed E-state index contributed by atoms with van der Waals surface area (Å²) in [5.41, 5.74) is 1.09. The van der Waals surface area contributed by atoms with Crippen LogP contribution in [0.1, 0.15) is 50.3 Å². The Kier molecular flexibility index (Phi) is 2.87. The van der Waals surface area contributed by atoms with Crippen molar-refractivity contribution < 1.29 is 4.79 Å². The Labute approximate surface area is 101 Å². The SMILES string of the molecule is O=C(C1CCCC1)N1CCC[C@H]1c1ccn[nH]1. The van der Waals surface area contributed by atoms with Crippen LogP contribution in [0.5, 0.6) is 0 Å². The smallest absolute Gasteiger partial charge is 0.226 e. The van der Waals surface area contributed by atoms with Crippen molar-refractivity contribution in [3.8, 4) is 0 Å². The molecule has 1 atom stereocenters. The van der Waals surface area contributed by atoms with E-state index in [0.717, 1.165) is 37.9 Å².